The average molecular weight is 252 g/mol. The Bertz CT molecular complexity index is 424. The van der Waals surface area contributed by atoms with E-state index in [-0.39, 0.29) is 17.9 Å². The number of Topliss-reactive ketones (excluding diaryl/α,β-unsaturated/α-hetero) is 1. The molecular formula is C14H18ClNO. The fourth-order valence-electron chi connectivity index (χ4n) is 3.05. The van der Waals surface area contributed by atoms with Gasteiger partial charge in [0.25, 0.3) is 0 Å². The van der Waals surface area contributed by atoms with Crippen LogP contribution in [0.3, 0.4) is 0 Å². The first-order valence-electron chi connectivity index (χ1n) is 6.20. The SMILES string of the molecule is Cl.O=C1c2ccccc2CCC12CCCCN2. The Kier molecular flexibility index (Phi) is 3.55. The molecule has 0 bridgehead atoms. The van der Waals surface area contributed by atoms with Gasteiger partial charge in [-0.3, -0.25) is 4.79 Å². The van der Waals surface area contributed by atoms with Gasteiger partial charge in [0.05, 0.1) is 5.54 Å². The van der Waals surface area contributed by atoms with Gasteiger partial charge < -0.3 is 5.32 Å². The van der Waals surface area contributed by atoms with Crippen molar-refractivity contribution >= 4 is 18.2 Å². The molecule has 3 heteroatoms. The summed E-state index contributed by atoms with van der Waals surface area (Å²) in [6.07, 6.45) is 5.41. The van der Waals surface area contributed by atoms with E-state index in [4.69, 9.17) is 0 Å². The van der Waals surface area contributed by atoms with Crippen LogP contribution < -0.4 is 5.32 Å². The van der Waals surface area contributed by atoms with Crippen molar-refractivity contribution in [2.24, 2.45) is 0 Å². The molecule has 1 N–H and O–H groups in total. The number of nitrogens with one attached hydrogen (secondary N) is 1. The molecule has 2 nitrogen and oxygen atoms in total. The zero-order valence-electron chi connectivity index (χ0n) is 9.87. The second kappa shape index (κ2) is 4.79. The van der Waals surface area contributed by atoms with E-state index in [1.54, 1.807) is 0 Å². The molecule has 1 heterocycles. The minimum atomic E-state index is -0.230. The van der Waals surface area contributed by atoms with Crippen LogP contribution in [0.2, 0.25) is 0 Å². The van der Waals surface area contributed by atoms with Crippen molar-refractivity contribution in [3.05, 3.63) is 35.4 Å². The van der Waals surface area contributed by atoms with Crippen molar-refractivity contribution in [1.82, 2.24) is 5.32 Å². The Morgan fingerprint density at radius 3 is 2.71 bits per heavy atom. The van der Waals surface area contributed by atoms with E-state index in [2.05, 4.69) is 11.4 Å². The molecule has 2 aliphatic rings. The van der Waals surface area contributed by atoms with E-state index < -0.39 is 0 Å². The minimum Gasteiger partial charge on any atom is -0.305 e. The van der Waals surface area contributed by atoms with Gasteiger partial charge in [-0.25, -0.2) is 0 Å². The summed E-state index contributed by atoms with van der Waals surface area (Å²) in [5.41, 5.74) is 1.95. The molecule has 92 valence electrons. The third-order valence-corrected chi connectivity index (χ3v) is 4.01. The third kappa shape index (κ3) is 2.00. The summed E-state index contributed by atoms with van der Waals surface area (Å²) in [7, 11) is 0. The molecule has 0 saturated carbocycles. The van der Waals surface area contributed by atoms with Crippen LogP contribution in [0.4, 0.5) is 0 Å². The zero-order chi connectivity index (χ0) is 11.0. The third-order valence-electron chi connectivity index (χ3n) is 4.01. The molecule has 1 spiro atoms. The van der Waals surface area contributed by atoms with Crippen LogP contribution in [0.1, 0.15) is 41.6 Å². The van der Waals surface area contributed by atoms with Gasteiger partial charge in [0.1, 0.15) is 0 Å². The van der Waals surface area contributed by atoms with Gasteiger partial charge in [-0.15, -0.1) is 12.4 Å². The van der Waals surface area contributed by atoms with Crippen molar-refractivity contribution in [3.63, 3.8) is 0 Å². The molecule has 1 aliphatic heterocycles. The molecule has 1 aliphatic carbocycles. The van der Waals surface area contributed by atoms with E-state index in [0.717, 1.165) is 31.4 Å². The Labute approximate surface area is 108 Å². The highest BCUT2D eigenvalue weighted by molar-refractivity contribution is 6.05. The van der Waals surface area contributed by atoms with Crippen molar-refractivity contribution < 1.29 is 4.79 Å². The molecular weight excluding hydrogens is 234 g/mol. The van der Waals surface area contributed by atoms with Gasteiger partial charge >= 0.3 is 0 Å². The fourth-order valence-corrected chi connectivity index (χ4v) is 3.05. The lowest BCUT2D eigenvalue weighted by Gasteiger charge is -2.40. The predicted molar refractivity (Wildman–Crippen MR) is 70.9 cm³/mol. The number of piperidine rings is 1. The fraction of sp³-hybridized carbons (Fsp3) is 0.500. The number of aryl methyl sites for hydroxylation is 1. The summed E-state index contributed by atoms with van der Waals surface area (Å²) in [6.45, 7) is 0.994. The number of carbonyl (C=O) groups is 1. The Hall–Kier alpha value is -0.860. The largest absolute Gasteiger partial charge is 0.305 e. The van der Waals surface area contributed by atoms with E-state index in [1.165, 1.54) is 18.4 Å². The number of ketones is 1. The number of rotatable bonds is 0. The normalized spacial score (nSPS) is 27.4. The van der Waals surface area contributed by atoms with Gasteiger partial charge in [0, 0.05) is 5.56 Å². The summed E-state index contributed by atoms with van der Waals surface area (Å²) >= 11 is 0. The van der Waals surface area contributed by atoms with Crippen LogP contribution in [0.15, 0.2) is 24.3 Å². The molecule has 1 saturated heterocycles. The number of fused-ring (bicyclic) bond motifs is 1. The van der Waals surface area contributed by atoms with Crippen LogP contribution in [-0.2, 0) is 6.42 Å². The molecule has 0 amide bonds. The van der Waals surface area contributed by atoms with Crippen LogP contribution >= 0.6 is 12.4 Å². The molecule has 3 rings (SSSR count). The molecule has 17 heavy (non-hydrogen) atoms. The maximum absolute atomic E-state index is 12.5. The molecule has 0 aromatic heterocycles. The molecule has 1 fully saturated rings. The number of benzene rings is 1. The number of hydrogen-bond acceptors (Lipinski definition) is 2. The maximum atomic E-state index is 12.5. The smallest absolute Gasteiger partial charge is 0.183 e. The van der Waals surface area contributed by atoms with Crippen LogP contribution in [-0.4, -0.2) is 17.9 Å². The Balaban J connectivity index is 0.00000108. The number of carbonyl (C=O) groups excluding carboxylic acids is 1. The van der Waals surface area contributed by atoms with E-state index >= 15 is 0 Å². The van der Waals surface area contributed by atoms with Crippen molar-refractivity contribution in [3.8, 4) is 0 Å². The van der Waals surface area contributed by atoms with E-state index in [9.17, 15) is 4.79 Å². The predicted octanol–water partition coefficient (Wildman–Crippen LogP) is 2.75. The number of halogens is 1. The molecule has 1 aromatic rings. The highest BCUT2D eigenvalue weighted by atomic mass is 35.5. The van der Waals surface area contributed by atoms with E-state index in [0.29, 0.717) is 5.78 Å². The zero-order valence-corrected chi connectivity index (χ0v) is 10.7. The summed E-state index contributed by atoms with van der Waals surface area (Å²) in [5.74, 6) is 0.328. The highest BCUT2D eigenvalue weighted by Crippen LogP contribution is 2.34. The monoisotopic (exact) mass is 251 g/mol. The standard InChI is InChI=1S/C14H17NO.ClH/c16-13-12-6-2-1-5-11(12)7-9-14(13)8-3-4-10-15-14;/h1-2,5-6,15H,3-4,7-10H2;1H. The van der Waals surface area contributed by atoms with Crippen molar-refractivity contribution in [2.75, 3.05) is 6.54 Å². The van der Waals surface area contributed by atoms with Crippen LogP contribution in [0.5, 0.6) is 0 Å². The summed E-state index contributed by atoms with van der Waals surface area (Å²) in [4.78, 5) is 12.5. The van der Waals surface area contributed by atoms with Crippen LogP contribution in [0.25, 0.3) is 0 Å². The quantitative estimate of drug-likeness (QED) is 0.768. The van der Waals surface area contributed by atoms with Gasteiger partial charge in [0.15, 0.2) is 5.78 Å². The molecule has 1 unspecified atom stereocenters. The Morgan fingerprint density at radius 2 is 1.94 bits per heavy atom. The first kappa shape index (κ1) is 12.6. The van der Waals surface area contributed by atoms with Gasteiger partial charge in [-0.1, -0.05) is 24.3 Å². The minimum absolute atomic E-state index is 0. The van der Waals surface area contributed by atoms with Crippen LogP contribution in [0, 0.1) is 0 Å². The molecule has 1 aromatic carbocycles. The summed E-state index contributed by atoms with van der Waals surface area (Å²) in [5, 5.41) is 3.48. The average Bonchev–Trinajstić information content (AvgIpc) is 2.36. The first-order valence-corrected chi connectivity index (χ1v) is 6.20. The number of hydrogen-bond donors (Lipinski definition) is 1. The first-order chi connectivity index (χ1) is 7.82. The Morgan fingerprint density at radius 1 is 1.12 bits per heavy atom. The van der Waals surface area contributed by atoms with Crippen molar-refractivity contribution in [1.29, 1.82) is 0 Å². The summed E-state index contributed by atoms with van der Waals surface area (Å²) in [6, 6.07) is 8.06. The molecule has 0 radical (unpaired) electrons. The van der Waals surface area contributed by atoms with E-state index in [1.807, 2.05) is 18.2 Å². The van der Waals surface area contributed by atoms with Gasteiger partial charge in [-0.2, -0.15) is 0 Å². The lowest BCUT2D eigenvalue weighted by atomic mass is 9.73. The highest BCUT2D eigenvalue weighted by Gasteiger charge is 2.42. The second-order valence-electron chi connectivity index (χ2n) is 4.95. The van der Waals surface area contributed by atoms with Gasteiger partial charge in [-0.05, 0) is 44.2 Å². The van der Waals surface area contributed by atoms with Gasteiger partial charge in [0.2, 0.25) is 0 Å². The second-order valence-corrected chi connectivity index (χ2v) is 4.95. The molecule has 1 atom stereocenters. The topological polar surface area (TPSA) is 29.1 Å². The summed E-state index contributed by atoms with van der Waals surface area (Å²) < 4.78 is 0. The lowest BCUT2D eigenvalue weighted by molar-refractivity contribution is 0.0782. The lowest BCUT2D eigenvalue weighted by Crippen LogP contribution is -2.56. The van der Waals surface area contributed by atoms with Crippen molar-refractivity contribution in [2.45, 2.75) is 37.6 Å². The maximum Gasteiger partial charge on any atom is 0.183 e.